The predicted octanol–water partition coefficient (Wildman–Crippen LogP) is 5.46. The van der Waals surface area contributed by atoms with Gasteiger partial charge in [0.15, 0.2) is 28.3 Å². The molecule has 1 aromatic heterocycles. The summed E-state index contributed by atoms with van der Waals surface area (Å²) in [6.07, 6.45) is 0. The summed E-state index contributed by atoms with van der Waals surface area (Å²) in [5.41, 5.74) is 1.42. The first kappa shape index (κ1) is 24.3. The second-order valence-electron chi connectivity index (χ2n) is 7.50. The lowest BCUT2D eigenvalue weighted by molar-refractivity contribution is 0.0994. The van der Waals surface area contributed by atoms with Gasteiger partial charge in [-0.2, -0.15) is 0 Å². The van der Waals surface area contributed by atoms with Gasteiger partial charge in [0.1, 0.15) is 5.82 Å². The summed E-state index contributed by atoms with van der Waals surface area (Å²) >= 11 is 1.21. The number of hydrogen-bond acceptors (Lipinski definition) is 7. The van der Waals surface area contributed by atoms with E-state index in [0.29, 0.717) is 39.4 Å². The van der Waals surface area contributed by atoms with Crippen molar-refractivity contribution in [2.24, 2.45) is 0 Å². The first-order valence-corrected chi connectivity index (χ1v) is 11.6. The average Bonchev–Trinajstić information content (AvgIpc) is 3.31. The van der Waals surface area contributed by atoms with Crippen LogP contribution in [0.4, 0.5) is 4.39 Å². The van der Waals surface area contributed by atoms with Crippen molar-refractivity contribution in [3.05, 3.63) is 78.1 Å². The lowest BCUT2D eigenvalue weighted by atomic mass is 10.1. The lowest BCUT2D eigenvalue weighted by Crippen LogP contribution is -2.14. The molecule has 1 unspecified atom stereocenters. The van der Waals surface area contributed by atoms with Crippen LogP contribution in [0.5, 0.6) is 17.2 Å². The Labute approximate surface area is 206 Å². The zero-order valence-corrected chi connectivity index (χ0v) is 20.5. The van der Waals surface area contributed by atoms with Crippen molar-refractivity contribution in [3.8, 4) is 34.3 Å². The molecule has 0 saturated heterocycles. The van der Waals surface area contributed by atoms with Gasteiger partial charge in [-0.15, -0.1) is 10.2 Å². The Balaban J connectivity index is 1.83. The molecular formula is C26H24FN3O4S. The van der Waals surface area contributed by atoms with Gasteiger partial charge in [0.2, 0.25) is 5.75 Å². The molecule has 180 valence electrons. The van der Waals surface area contributed by atoms with Crippen LogP contribution < -0.4 is 14.2 Å². The van der Waals surface area contributed by atoms with Crippen LogP contribution in [0.15, 0.2) is 71.9 Å². The van der Waals surface area contributed by atoms with Crippen molar-refractivity contribution in [2.45, 2.75) is 17.3 Å². The van der Waals surface area contributed by atoms with Crippen molar-refractivity contribution in [1.29, 1.82) is 0 Å². The Kier molecular flexibility index (Phi) is 7.36. The van der Waals surface area contributed by atoms with E-state index in [4.69, 9.17) is 14.2 Å². The molecule has 7 nitrogen and oxygen atoms in total. The summed E-state index contributed by atoms with van der Waals surface area (Å²) in [5, 5.41) is 8.57. The number of halogens is 1. The Hall–Kier alpha value is -3.85. The second kappa shape index (κ2) is 10.6. The number of para-hydroxylation sites is 1. The van der Waals surface area contributed by atoms with Gasteiger partial charge in [0, 0.05) is 11.1 Å². The van der Waals surface area contributed by atoms with E-state index in [2.05, 4.69) is 10.2 Å². The fourth-order valence-corrected chi connectivity index (χ4v) is 4.58. The van der Waals surface area contributed by atoms with Crippen molar-refractivity contribution in [2.75, 3.05) is 21.3 Å². The van der Waals surface area contributed by atoms with Gasteiger partial charge < -0.3 is 14.2 Å². The van der Waals surface area contributed by atoms with Gasteiger partial charge in [-0.05, 0) is 31.2 Å². The molecule has 4 rings (SSSR count). The standard InChI is InChI=1S/C26H24FN3O4S/c1-16(23(31)17-10-6-5-7-11-17)35-26-29-28-25(30(26)20-13-9-8-12-19(20)27)18-14-21(32-2)24(34-4)22(15-18)33-3/h5-16H,1-4H3. The molecule has 0 N–H and O–H groups in total. The largest absolute Gasteiger partial charge is 0.493 e. The predicted molar refractivity (Wildman–Crippen MR) is 133 cm³/mol. The van der Waals surface area contributed by atoms with Crippen LogP contribution in [0.3, 0.4) is 0 Å². The first-order chi connectivity index (χ1) is 17.0. The maximum absolute atomic E-state index is 15.0. The summed E-state index contributed by atoms with van der Waals surface area (Å²) in [5.74, 6) is 1.11. The summed E-state index contributed by atoms with van der Waals surface area (Å²) in [4.78, 5) is 13.0. The topological polar surface area (TPSA) is 75.5 Å². The van der Waals surface area contributed by atoms with Crippen molar-refractivity contribution >= 4 is 17.5 Å². The lowest BCUT2D eigenvalue weighted by Gasteiger charge is -2.16. The minimum Gasteiger partial charge on any atom is -0.493 e. The van der Waals surface area contributed by atoms with Crippen molar-refractivity contribution in [3.63, 3.8) is 0 Å². The van der Waals surface area contributed by atoms with Gasteiger partial charge in [0.25, 0.3) is 0 Å². The number of ether oxygens (including phenoxy) is 3. The molecule has 4 aromatic rings. The molecule has 0 amide bonds. The maximum atomic E-state index is 15.0. The van der Waals surface area contributed by atoms with E-state index < -0.39 is 11.1 Å². The second-order valence-corrected chi connectivity index (χ2v) is 8.81. The first-order valence-electron chi connectivity index (χ1n) is 10.7. The van der Waals surface area contributed by atoms with Crippen LogP contribution in [0, 0.1) is 5.82 Å². The molecule has 0 fully saturated rings. The number of methoxy groups -OCH3 is 3. The summed E-state index contributed by atoms with van der Waals surface area (Å²) < 4.78 is 32.9. The van der Waals surface area contributed by atoms with E-state index in [0.717, 1.165) is 0 Å². The number of hydrogen-bond donors (Lipinski definition) is 0. The maximum Gasteiger partial charge on any atom is 0.203 e. The number of carbonyl (C=O) groups is 1. The number of rotatable bonds is 9. The summed E-state index contributed by atoms with van der Waals surface area (Å²) in [6, 6.07) is 18.8. The molecule has 0 aliphatic carbocycles. The van der Waals surface area contributed by atoms with E-state index >= 15 is 0 Å². The SMILES string of the molecule is COc1cc(-c2nnc(SC(C)C(=O)c3ccccc3)n2-c2ccccc2F)cc(OC)c1OC. The molecule has 1 atom stereocenters. The zero-order chi connectivity index (χ0) is 24.9. The van der Waals surface area contributed by atoms with Gasteiger partial charge in [-0.3, -0.25) is 9.36 Å². The number of ketones is 1. The van der Waals surface area contributed by atoms with E-state index in [1.165, 1.54) is 39.2 Å². The molecule has 9 heteroatoms. The molecule has 0 aliphatic rings. The fraction of sp³-hybridized carbons (Fsp3) is 0.192. The van der Waals surface area contributed by atoms with Gasteiger partial charge in [-0.25, -0.2) is 4.39 Å². The van der Waals surface area contributed by atoms with E-state index in [1.54, 1.807) is 54.0 Å². The molecule has 0 saturated carbocycles. The number of aromatic nitrogens is 3. The van der Waals surface area contributed by atoms with Crippen LogP contribution in [0.1, 0.15) is 17.3 Å². The molecule has 0 aliphatic heterocycles. The van der Waals surface area contributed by atoms with E-state index in [1.807, 2.05) is 18.2 Å². The smallest absolute Gasteiger partial charge is 0.203 e. The molecule has 35 heavy (non-hydrogen) atoms. The highest BCUT2D eigenvalue weighted by atomic mass is 32.2. The molecule has 1 heterocycles. The van der Waals surface area contributed by atoms with Crippen LogP contribution in [0.25, 0.3) is 17.1 Å². The number of carbonyl (C=O) groups excluding carboxylic acids is 1. The zero-order valence-electron chi connectivity index (χ0n) is 19.7. The molecule has 0 bridgehead atoms. The van der Waals surface area contributed by atoms with Gasteiger partial charge in [0.05, 0.1) is 32.3 Å². The summed E-state index contributed by atoms with van der Waals surface area (Å²) in [7, 11) is 4.55. The van der Waals surface area contributed by atoms with E-state index in [-0.39, 0.29) is 11.5 Å². The average molecular weight is 494 g/mol. The number of Topliss-reactive ketones (excluding diaryl/α,β-unsaturated/α-hetero) is 1. The number of nitrogens with zero attached hydrogens (tertiary/aromatic N) is 3. The Morgan fingerprint density at radius 3 is 2.14 bits per heavy atom. The van der Waals surface area contributed by atoms with E-state index in [9.17, 15) is 9.18 Å². The minimum atomic E-state index is -0.486. The minimum absolute atomic E-state index is 0.0620. The molecule has 0 radical (unpaired) electrons. The molecule has 0 spiro atoms. The number of thioether (sulfide) groups is 1. The van der Waals surface area contributed by atoms with Gasteiger partial charge in [-0.1, -0.05) is 54.2 Å². The Morgan fingerprint density at radius 1 is 0.914 bits per heavy atom. The number of benzene rings is 3. The van der Waals surface area contributed by atoms with Crippen LogP contribution in [-0.4, -0.2) is 47.1 Å². The third kappa shape index (κ3) is 4.85. The van der Waals surface area contributed by atoms with Crippen molar-refractivity contribution < 1.29 is 23.4 Å². The fourth-order valence-electron chi connectivity index (χ4n) is 3.64. The summed E-state index contributed by atoms with van der Waals surface area (Å²) in [6.45, 7) is 1.79. The third-order valence-corrected chi connectivity index (χ3v) is 6.40. The highest BCUT2D eigenvalue weighted by molar-refractivity contribution is 8.00. The monoisotopic (exact) mass is 493 g/mol. The molecular weight excluding hydrogens is 469 g/mol. The van der Waals surface area contributed by atoms with Gasteiger partial charge >= 0.3 is 0 Å². The third-order valence-electron chi connectivity index (χ3n) is 5.36. The highest BCUT2D eigenvalue weighted by Gasteiger charge is 2.25. The van der Waals surface area contributed by atoms with Crippen molar-refractivity contribution in [1.82, 2.24) is 14.8 Å². The normalized spacial score (nSPS) is 11.7. The highest BCUT2D eigenvalue weighted by Crippen LogP contribution is 2.42. The van der Waals surface area contributed by atoms with Crippen LogP contribution >= 0.6 is 11.8 Å². The Morgan fingerprint density at radius 2 is 1.54 bits per heavy atom. The van der Waals surface area contributed by atoms with Crippen LogP contribution in [-0.2, 0) is 0 Å². The Bertz CT molecular complexity index is 1320. The molecule has 3 aromatic carbocycles. The quantitative estimate of drug-likeness (QED) is 0.226. The van der Waals surface area contributed by atoms with Crippen LogP contribution in [0.2, 0.25) is 0 Å².